The summed E-state index contributed by atoms with van der Waals surface area (Å²) >= 11 is 0. The Balaban J connectivity index is 1.22. The number of anilines is 1. The van der Waals surface area contributed by atoms with Crippen molar-refractivity contribution in [1.29, 1.82) is 0 Å². The average Bonchev–Trinajstić information content (AvgIpc) is 3.66. The summed E-state index contributed by atoms with van der Waals surface area (Å²) in [5.74, 6) is 1.28. The highest BCUT2D eigenvalue weighted by atomic mass is 16.4. The summed E-state index contributed by atoms with van der Waals surface area (Å²) < 4.78 is 7.67. The molecule has 190 valence electrons. The highest BCUT2D eigenvalue weighted by Gasteiger charge is 2.21. The molecule has 0 atom stereocenters. The first-order valence-corrected chi connectivity index (χ1v) is 12.8. The third-order valence-corrected chi connectivity index (χ3v) is 6.77. The Morgan fingerprint density at radius 2 is 1.81 bits per heavy atom. The van der Waals surface area contributed by atoms with Crippen LogP contribution in [0.4, 0.5) is 5.69 Å². The van der Waals surface area contributed by atoms with E-state index < -0.39 is 0 Å². The van der Waals surface area contributed by atoms with E-state index in [4.69, 9.17) is 4.42 Å². The number of nitrogens with one attached hydrogen (secondary N) is 2. The Morgan fingerprint density at radius 3 is 2.62 bits per heavy atom. The van der Waals surface area contributed by atoms with Gasteiger partial charge in [-0.2, -0.15) is 5.10 Å². The minimum atomic E-state index is -0.233. The lowest BCUT2D eigenvalue weighted by molar-refractivity contribution is -0.117. The highest BCUT2D eigenvalue weighted by molar-refractivity contribution is 5.95. The maximum absolute atomic E-state index is 12.7. The minimum Gasteiger partial charge on any atom is -0.441 e. The highest BCUT2D eigenvalue weighted by Crippen LogP contribution is 2.31. The number of oxazole rings is 1. The van der Waals surface area contributed by atoms with Gasteiger partial charge in [0.05, 0.1) is 36.1 Å². The fourth-order valence-electron chi connectivity index (χ4n) is 4.77. The van der Waals surface area contributed by atoms with E-state index >= 15 is 0 Å². The lowest BCUT2D eigenvalue weighted by atomic mass is 10.0. The van der Waals surface area contributed by atoms with Crippen molar-refractivity contribution in [3.63, 3.8) is 0 Å². The molecule has 5 rings (SSSR count). The summed E-state index contributed by atoms with van der Waals surface area (Å²) in [4.78, 5) is 30.0. The molecule has 2 aromatic carbocycles. The van der Waals surface area contributed by atoms with Crippen molar-refractivity contribution < 1.29 is 14.0 Å². The van der Waals surface area contributed by atoms with Gasteiger partial charge in [0.15, 0.2) is 0 Å². The third-order valence-electron chi connectivity index (χ3n) is 6.77. The van der Waals surface area contributed by atoms with E-state index in [1.807, 2.05) is 61.5 Å². The molecule has 0 saturated heterocycles. The van der Waals surface area contributed by atoms with Crippen LogP contribution in [0.25, 0.3) is 11.5 Å². The monoisotopic (exact) mass is 497 g/mol. The van der Waals surface area contributed by atoms with E-state index in [1.54, 1.807) is 17.1 Å². The Morgan fingerprint density at radius 1 is 1.05 bits per heavy atom. The standard InChI is InChI=1S/C29H31N5O3/c1-20-26(17-30-28(36)23-16-31-34(19-23)18-22-11-3-2-4-12-22)33-29(37-20)24-13-7-8-14-25(24)32-27(35)15-21-9-5-6-10-21/h2-4,7-8,11-14,16,19,21H,5-6,9-10,15,17-18H2,1H3,(H,30,36)(H,32,35). The summed E-state index contributed by atoms with van der Waals surface area (Å²) in [6, 6.07) is 17.5. The van der Waals surface area contributed by atoms with E-state index in [0.29, 0.717) is 53.0 Å². The zero-order valence-corrected chi connectivity index (χ0v) is 20.9. The van der Waals surface area contributed by atoms with Crippen molar-refractivity contribution in [2.75, 3.05) is 5.32 Å². The van der Waals surface area contributed by atoms with Gasteiger partial charge < -0.3 is 15.1 Å². The molecule has 1 fully saturated rings. The van der Waals surface area contributed by atoms with Crippen LogP contribution in [0, 0.1) is 12.8 Å². The van der Waals surface area contributed by atoms with Crippen LogP contribution in [-0.2, 0) is 17.9 Å². The quantitative estimate of drug-likeness (QED) is 0.325. The van der Waals surface area contributed by atoms with Gasteiger partial charge >= 0.3 is 0 Å². The lowest BCUT2D eigenvalue weighted by Gasteiger charge is -2.11. The maximum atomic E-state index is 12.7. The summed E-state index contributed by atoms with van der Waals surface area (Å²) in [6.07, 6.45) is 8.49. The molecule has 37 heavy (non-hydrogen) atoms. The molecule has 1 aliphatic carbocycles. The second kappa shape index (κ2) is 11.2. The minimum absolute atomic E-state index is 0.0166. The molecule has 2 heterocycles. The van der Waals surface area contributed by atoms with Crippen molar-refractivity contribution in [3.8, 4) is 11.5 Å². The first-order valence-electron chi connectivity index (χ1n) is 12.8. The number of aromatic nitrogens is 3. The number of hydrogen-bond donors (Lipinski definition) is 2. The third kappa shape index (κ3) is 6.14. The van der Waals surface area contributed by atoms with Crippen LogP contribution in [0.2, 0.25) is 0 Å². The molecule has 0 bridgehead atoms. The van der Waals surface area contributed by atoms with Gasteiger partial charge in [0.1, 0.15) is 11.5 Å². The number of amides is 2. The molecule has 8 heteroatoms. The summed E-state index contributed by atoms with van der Waals surface area (Å²) in [7, 11) is 0. The molecule has 2 N–H and O–H groups in total. The predicted molar refractivity (Wildman–Crippen MR) is 141 cm³/mol. The summed E-state index contributed by atoms with van der Waals surface area (Å²) in [5.41, 5.74) is 3.61. The van der Waals surface area contributed by atoms with E-state index in [9.17, 15) is 9.59 Å². The first kappa shape index (κ1) is 24.5. The molecular formula is C29H31N5O3. The summed E-state index contributed by atoms with van der Waals surface area (Å²) in [6.45, 7) is 2.63. The molecule has 0 spiro atoms. The smallest absolute Gasteiger partial charge is 0.254 e. The summed E-state index contributed by atoms with van der Waals surface area (Å²) in [5, 5.41) is 10.2. The Kier molecular flexibility index (Phi) is 7.44. The van der Waals surface area contributed by atoms with Crippen molar-refractivity contribution in [3.05, 3.63) is 89.6 Å². The van der Waals surface area contributed by atoms with Gasteiger partial charge in [-0.05, 0) is 43.4 Å². The van der Waals surface area contributed by atoms with Crippen LogP contribution in [0.5, 0.6) is 0 Å². The average molecular weight is 498 g/mol. The number of nitrogens with zero attached hydrogens (tertiary/aromatic N) is 3. The predicted octanol–water partition coefficient (Wildman–Crippen LogP) is 5.34. The van der Waals surface area contributed by atoms with Gasteiger partial charge in [-0.25, -0.2) is 4.98 Å². The van der Waals surface area contributed by atoms with Crippen LogP contribution in [-0.4, -0.2) is 26.6 Å². The van der Waals surface area contributed by atoms with Gasteiger partial charge in [0.2, 0.25) is 11.8 Å². The van der Waals surface area contributed by atoms with Gasteiger partial charge in [-0.1, -0.05) is 55.3 Å². The molecule has 1 saturated carbocycles. The van der Waals surface area contributed by atoms with E-state index in [0.717, 1.165) is 18.4 Å². The fourth-order valence-corrected chi connectivity index (χ4v) is 4.77. The molecular weight excluding hydrogens is 466 g/mol. The number of carbonyl (C=O) groups is 2. The van der Waals surface area contributed by atoms with E-state index in [-0.39, 0.29) is 18.4 Å². The molecule has 4 aromatic rings. The van der Waals surface area contributed by atoms with Crippen molar-refractivity contribution >= 4 is 17.5 Å². The fraction of sp³-hybridized carbons (Fsp3) is 0.310. The largest absolute Gasteiger partial charge is 0.441 e. The van der Waals surface area contributed by atoms with Crippen LogP contribution in [0.1, 0.15) is 59.5 Å². The topological polar surface area (TPSA) is 102 Å². The Labute approximate surface area is 216 Å². The van der Waals surface area contributed by atoms with E-state index in [1.165, 1.54) is 12.8 Å². The molecule has 8 nitrogen and oxygen atoms in total. The Hall–Kier alpha value is -4.20. The first-order chi connectivity index (χ1) is 18.0. The van der Waals surface area contributed by atoms with Crippen LogP contribution in [0.15, 0.2) is 71.4 Å². The molecule has 0 radical (unpaired) electrons. The van der Waals surface area contributed by atoms with Crippen LogP contribution < -0.4 is 10.6 Å². The van der Waals surface area contributed by atoms with Crippen LogP contribution in [0.3, 0.4) is 0 Å². The van der Waals surface area contributed by atoms with Crippen molar-refractivity contribution in [2.24, 2.45) is 5.92 Å². The number of aryl methyl sites for hydroxylation is 1. The number of benzene rings is 2. The molecule has 2 amide bonds. The Bertz CT molecular complexity index is 1370. The van der Waals surface area contributed by atoms with Gasteiger partial charge in [-0.15, -0.1) is 0 Å². The second-order valence-corrected chi connectivity index (χ2v) is 9.57. The van der Waals surface area contributed by atoms with Gasteiger partial charge in [-0.3, -0.25) is 14.3 Å². The molecule has 1 aliphatic rings. The number of carbonyl (C=O) groups excluding carboxylic acids is 2. The molecule has 0 unspecified atom stereocenters. The van der Waals surface area contributed by atoms with Crippen molar-refractivity contribution in [1.82, 2.24) is 20.1 Å². The van der Waals surface area contributed by atoms with Crippen molar-refractivity contribution in [2.45, 2.75) is 52.1 Å². The number of rotatable bonds is 9. The second-order valence-electron chi connectivity index (χ2n) is 9.57. The zero-order valence-electron chi connectivity index (χ0n) is 20.9. The normalized spacial score (nSPS) is 13.5. The number of para-hydroxylation sites is 1. The van der Waals surface area contributed by atoms with Gasteiger partial charge in [0.25, 0.3) is 5.91 Å². The SMILES string of the molecule is Cc1oc(-c2ccccc2NC(=O)CC2CCCC2)nc1CNC(=O)c1cnn(Cc2ccccc2)c1. The van der Waals surface area contributed by atoms with Gasteiger partial charge in [0, 0.05) is 12.6 Å². The van der Waals surface area contributed by atoms with E-state index in [2.05, 4.69) is 20.7 Å². The molecule has 2 aromatic heterocycles. The number of hydrogen-bond acceptors (Lipinski definition) is 5. The zero-order chi connectivity index (χ0) is 25.6. The lowest BCUT2D eigenvalue weighted by Crippen LogP contribution is -2.23. The maximum Gasteiger partial charge on any atom is 0.254 e. The van der Waals surface area contributed by atoms with Crippen LogP contribution >= 0.6 is 0 Å². The molecule has 0 aliphatic heterocycles.